The molecule has 114 valence electrons. The summed E-state index contributed by atoms with van der Waals surface area (Å²) < 4.78 is 37.9. The maximum atomic E-state index is 9.25. The van der Waals surface area contributed by atoms with Crippen molar-refractivity contribution in [2.45, 2.75) is 0 Å². The van der Waals surface area contributed by atoms with Crippen molar-refractivity contribution in [3.05, 3.63) is 0 Å². The second-order valence-corrected chi connectivity index (χ2v) is 5.67. The van der Waals surface area contributed by atoms with Crippen LogP contribution in [-0.4, -0.2) is 56.1 Å². The van der Waals surface area contributed by atoms with Crippen LogP contribution in [0.3, 0.4) is 0 Å². The minimum atomic E-state index is -4.65. The van der Waals surface area contributed by atoms with E-state index < -0.39 is 23.5 Å². The second-order valence-electron chi connectivity index (χ2n) is 1.89. The molecular formula is C3H9Al2O12P3. The number of phosphoric acid groups is 3. The average molecular weight is 384 g/mol. The predicted octanol–water partition coefficient (Wildman–Crippen LogP) is -5.38. The van der Waals surface area contributed by atoms with Gasteiger partial charge in [-0.05, 0) is 0 Å². The largest absolute Gasteiger partial charge is 3.00 e. The zero-order valence-electron chi connectivity index (χ0n) is 10.4. The van der Waals surface area contributed by atoms with Crippen LogP contribution in [-0.2, 0) is 27.3 Å². The number of rotatable bonds is 3. The molecule has 0 N–H and O–H groups in total. The van der Waals surface area contributed by atoms with E-state index in [0.29, 0.717) is 0 Å². The van der Waals surface area contributed by atoms with Crippen LogP contribution in [0.2, 0.25) is 0 Å². The Hall–Kier alpha value is 1.39. The van der Waals surface area contributed by atoms with Gasteiger partial charge in [0.1, 0.15) is 0 Å². The molecule has 12 nitrogen and oxygen atoms in total. The van der Waals surface area contributed by atoms with Crippen LogP contribution in [0.15, 0.2) is 0 Å². The summed E-state index contributed by atoms with van der Waals surface area (Å²) in [6.07, 6.45) is 0. The second kappa shape index (κ2) is 15.3. The van der Waals surface area contributed by atoms with E-state index in [1.807, 2.05) is 0 Å². The van der Waals surface area contributed by atoms with Crippen LogP contribution >= 0.6 is 23.5 Å². The van der Waals surface area contributed by atoms with Crippen LogP contribution in [0.5, 0.6) is 0 Å². The molecular weight excluding hydrogens is 375 g/mol. The molecule has 0 rings (SSSR count). The zero-order chi connectivity index (χ0) is 15.6. The molecule has 0 aromatic rings. The maximum Gasteiger partial charge on any atom is 3.00 e. The van der Waals surface area contributed by atoms with Crippen molar-refractivity contribution < 1.29 is 56.6 Å². The van der Waals surface area contributed by atoms with Gasteiger partial charge in [-0.3, -0.25) is 0 Å². The smallest absolute Gasteiger partial charge is 0.790 e. The molecule has 17 heteroatoms. The third-order valence-corrected chi connectivity index (χ3v) is 2.01. The van der Waals surface area contributed by atoms with Crippen LogP contribution in [0, 0.1) is 0 Å². The normalized spacial score (nSPS) is 10.7. The van der Waals surface area contributed by atoms with E-state index in [0.717, 1.165) is 21.3 Å². The molecule has 0 aromatic carbocycles. The monoisotopic (exact) mass is 384 g/mol. The molecule has 0 fully saturated rings. The molecule has 0 saturated carbocycles. The van der Waals surface area contributed by atoms with Gasteiger partial charge in [0.05, 0.1) is 23.5 Å². The van der Waals surface area contributed by atoms with Gasteiger partial charge in [-0.2, -0.15) is 0 Å². The van der Waals surface area contributed by atoms with Gasteiger partial charge in [0.2, 0.25) is 0 Å². The van der Waals surface area contributed by atoms with Crippen molar-refractivity contribution in [3.8, 4) is 0 Å². The van der Waals surface area contributed by atoms with Gasteiger partial charge in [-0.1, -0.05) is 0 Å². The van der Waals surface area contributed by atoms with Crippen molar-refractivity contribution in [1.82, 2.24) is 0 Å². The molecule has 0 saturated heterocycles. The molecule has 0 aliphatic carbocycles. The van der Waals surface area contributed by atoms with E-state index in [1.165, 1.54) is 0 Å². The summed E-state index contributed by atoms with van der Waals surface area (Å²) >= 11 is 0. The summed E-state index contributed by atoms with van der Waals surface area (Å²) in [6.45, 7) is 0. The van der Waals surface area contributed by atoms with Crippen LogP contribution < -0.4 is 29.4 Å². The van der Waals surface area contributed by atoms with E-state index in [9.17, 15) is 43.1 Å². The molecule has 0 radical (unpaired) electrons. The third kappa shape index (κ3) is 60.7. The summed E-state index contributed by atoms with van der Waals surface area (Å²) in [7, 11) is -11.5. The Morgan fingerprint density at radius 3 is 0.600 bits per heavy atom. The Bertz CT molecular complexity index is 277. The summed E-state index contributed by atoms with van der Waals surface area (Å²) in [5.74, 6) is 0. The van der Waals surface area contributed by atoms with Crippen molar-refractivity contribution in [1.29, 1.82) is 0 Å². The Balaban J connectivity index is -0.0000000536. The van der Waals surface area contributed by atoms with Gasteiger partial charge >= 0.3 is 34.7 Å². The molecule has 0 spiro atoms. The molecule has 0 bridgehead atoms. The van der Waals surface area contributed by atoms with E-state index >= 15 is 0 Å². The first kappa shape index (κ1) is 33.1. The van der Waals surface area contributed by atoms with E-state index in [1.54, 1.807) is 0 Å². The van der Waals surface area contributed by atoms with Crippen molar-refractivity contribution in [2.75, 3.05) is 21.3 Å². The first-order valence-electron chi connectivity index (χ1n) is 3.42. The van der Waals surface area contributed by atoms with E-state index in [2.05, 4.69) is 13.6 Å². The van der Waals surface area contributed by atoms with E-state index in [-0.39, 0.29) is 34.7 Å². The number of phosphoric ester groups is 3. The van der Waals surface area contributed by atoms with Gasteiger partial charge < -0.3 is 56.6 Å². The Morgan fingerprint density at radius 2 is 0.600 bits per heavy atom. The topological polar surface area (TPSA) is 217 Å². The summed E-state index contributed by atoms with van der Waals surface area (Å²) in [5, 5.41) is 0. The quantitative estimate of drug-likeness (QED) is 0.329. The molecule has 0 unspecified atom stereocenters. The first-order chi connectivity index (χ1) is 7.68. The summed E-state index contributed by atoms with van der Waals surface area (Å²) in [5.41, 5.74) is 0. The molecule has 0 aliphatic heterocycles. The minimum Gasteiger partial charge on any atom is -0.790 e. The van der Waals surface area contributed by atoms with Gasteiger partial charge in [-0.25, -0.2) is 0 Å². The third-order valence-electron chi connectivity index (χ3n) is 0.671. The first-order valence-corrected chi connectivity index (χ1v) is 7.80. The Labute approximate surface area is 136 Å². The fourth-order valence-electron chi connectivity index (χ4n) is 0. The van der Waals surface area contributed by atoms with Gasteiger partial charge in [-0.15, -0.1) is 0 Å². The number of hydrogen-bond donors (Lipinski definition) is 0. The molecule has 0 heterocycles. The summed E-state index contributed by atoms with van der Waals surface area (Å²) in [4.78, 5) is 55.5. The molecule has 0 atom stereocenters. The SMILES string of the molecule is COP(=O)([O-])[O-].COP(=O)([O-])[O-].COP(=O)([O-])[O-].[Al+3].[Al+3]. The van der Waals surface area contributed by atoms with E-state index in [4.69, 9.17) is 0 Å². The molecule has 0 aliphatic rings. The summed E-state index contributed by atoms with van der Waals surface area (Å²) in [6, 6.07) is 0. The van der Waals surface area contributed by atoms with Crippen molar-refractivity contribution in [3.63, 3.8) is 0 Å². The Kier molecular flexibility index (Phi) is 25.3. The van der Waals surface area contributed by atoms with Gasteiger partial charge in [0.15, 0.2) is 0 Å². The predicted molar refractivity (Wildman–Crippen MR) is 55.4 cm³/mol. The van der Waals surface area contributed by atoms with Crippen LogP contribution in [0.25, 0.3) is 0 Å². The standard InChI is InChI=1S/3CH5O4P.2Al/c3*1-5-6(2,3)4;;/h3*1H3,(H2,2,3,4);;/q;;;2*+3/p-6. The minimum absolute atomic E-state index is 0. The fraction of sp³-hybridized carbons (Fsp3) is 1.00. The molecule has 0 aromatic heterocycles. The van der Waals surface area contributed by atoms with Crippen molar-refractivity contribution >= 4 is 58.2 Å². The fourth-order valence-corrected chi connectivity index (χ4v) is 0. The average Bonchev–Trinajstić information content (AvgIpc) is 2.16. The van der Waals surface area contributed by atoms with Gasteiger partial charge in [0.25, 0.3) is 0 Å². The van der Waals surface area contributed by atoms with Crippen molar-refractivity contribution in [2.24, 2.45) is 0 Å². The molecule has 0 amide bonds. The van der Waals surface area contributed by atoms with Crippen LogP contribution in [0.4, 0.5) is 0 Å². The van der Waals surface area contributed by atoms with Gasteiger partial charge in [0, 0.05) is 21.3 Å². The maximum absolute atomic E-state index is 9.25. The molecule has 20 heavy (non-hydrogen) atoms. The van der Waals surface area contributed by atoms with Crippen LogP contribution in [0.1, 0.15) is 0 Å². The number of hydrogen-bond acceptors (Lipinski definition) is 12. The Morgan fingerprint density at radius 1 is 0.550 bits per heavy atom. The zero-order valence-corrected chi connectivity index (χ0v) is 15.4.